The number of halogens is 1. The average molecular weight is 228 g/mol. The van der Waals surface area contributed by atoms with Crippen molar-refractivity contribution in [3.05, 3.63) is 34.9 Å². The molecule has 0 aliphatic rings. The molecule has 0 fully saturated rings. The molecule has 0 aliphatic heterocycles. The molecule has 1 aromatic carbocycles. The van der Waals surface area contributed by atoms with E-state index in [4.69, 9.17) is 23.8 Å². The lowest BCUT2D eigenvalue weighted by Gasteiger charge is -2.00. The lowest BCUT2D eigenvalue weighted by atomic mass is 10.2. The summed E-state index contributed by atoms with van der Waals surface area (Å²) in [5.41, 5.74) is 3.49. The minimum Gasteiger partial charge on any atom is -0.364 e. The first-order valence-corrected chi connectivity index (χ1v) is 4.78. The summed E-state index contributed by atoms with van der Waals surface area (Å²) in [5.74, 6) is 0. The Labute approximate surface area is 93.2 Å². The predicted octanol–water partition coefficient (Wildman–Crippen LogP) is 1.77. The maximum atomic E-state index is 5.91. The van der Waals surface area contributed by atoms with Crippen molar-refractivity contribution in [2.45, 2.75) is 0 Å². The van der Waals surface area contributed by atoms with Crippen LogP contribution in [0.3, 0.4) is 0 Å². The average Bonchev–Trinajstić information content (AvgIpc) is 2.20. The molecule has 0 unspecified atom stereocenters. The molecule has 0 bridgehead atoms. The molecular formula is C9H10ClN3S. The van der Waals surface area contributed by atoms with Gasteiger partial charge < -0.3 is 5.32 Å². The number of nitrogens with one attached hydrogen (secondary N) is 2. The summed E-state index contributed by atoms with van der Waals surface area (Å²) >= 11 is 10.7. The fraction of sp³-hybridized carbons (Fsp3) is 0.111. The molecule has 0 aliphatic carbocycles. The van der Waals surface area contributed by atoms with Crippen LogP contribution in [0.5, 0.6) is 0 Å². The first kappa shape index (κ1) is 10.9. The SMILES string of the molecule is CNC(=S)NN=Cc1ccccc1Cl. The number of benzene rings is 1. The molecule has 0 saturated heterocycles. The van der Waals surface area contributed by atoms with Crippen LogP contribution < -0.4 is 10.7 Å². The van der Waals surface area contributed by atoms with Crippen molar-refractivity contribution in [1.29, 1.82) is 0 Å². The van der Waals surface area contributed by atoms with Gasteiger partial charge in [-0.2, -0.15) is 5.10 Å². The Hall–Kier alpha value is -1.13. The Morgan fingerprint density at radius 3 is 2.86 bits per heavy atom. The van der Waals surface area contributed by atoms with Gasteiger partial charge in [-0.1, -0.05) is 29.8 Å². The van der Waals surface area contributed by atoms with Gasteiger partial charge in [0.05, 0.1) is 6.21 Å². The van der Waals surface area contributed by atoms with Crippen molar-refractivity contribution in [3.8, 4) is 0 Å². The van der Waals surface area contributed by atoms with Crippen LogP contribution in [0.2, 0.25) is 5.02 Å². The highest BCUT2D eigenvalue weighted by Gasteiger charge is 1.93. The van der Waals surface area contributed by atoms with Gasteiger partial charge in [0, 0.05) is 17.6 Å². The normalized spacial score (nSPS) is 10.1. The Balaban J connectivity index is 2.60. The summed E-state index contributed by atoms with van der Waals surface area (Å²) in [4.78, 5) is 0. The van der Waals surface area contributed by atoms with Gasteiger partial charge in [-0.15, -0.1) is 0 Å². The molecule has 0 heterocycles. The van der Waals surface area contributed by atoms with E-state index in [9.17, 15) is 0 Å². The van der Waals surface area contributed by atoms with Gasteiger partial charge in [0.1, 0.15) is 0 Å². The summed E-state index contributed by atoms with van der Waals surface area (Å²) in [6.07, 6.45) is 1.62. The largest absolute Gasteiger partial charge is 0.364 e. The first-order chi connectivity index (χ1) is 6.74. The summed E-state index contributed by atoms with van der Waals surface area (Å²) < 4.78 is 0. The Bertz CT molecular complexity index is 352. The molecule has 0 radical (unpaired) electrons. The van der Waals surface area contributed by atoms with E-state index in [2.05, 4.69) is 15.8 Å². The second-order valence-corrected chi connectivity index (χ2v) is 3.29. The summed E-state index contributed by atoms with van der Waals surface area (Å²) in [6, 6.07) is 7.43. The molecule has 14 heavy (non-hydrogen) atoms. The van der Waals surface area contributed by atoms with Crippen molar-refractivity contribution in [2.75, 3.05) is 7.05 Å². The van der Waals surface area contributed by atoms with E-state index < -0.39 is 0 Å². The number of hydrazone groups is 1. The third kappa shape index (κ3) is 3.32. The summed E-state index contributed by atoms with van der Waals surface area (Å²) in [7, 11) is 1.72. The van der Waals surface area contributed by atoms with Crippen LogP contribution in [0.1, 0.15) is 5.56 Å². The minimum atomic E-state index is 0.466. The highest BCUT2D eigenvalue weighted by atomic mass is 35.5. The van der Waals surface area contributed by atoms with E-state index in [0.717, 1.165) is 5.56 Å². The Morgan fingerprint density at radius 2 is 2.21 bits per heavy atom. The topological polar surface area (TPSA) is 36.4 Å². The zero-order valence-corrected chi connectivity index (χ0v) is 9.19. The molecule has 0 atom stereocenters. The molecular weight excluding hydrogens is 218 g/mol. The highest BCUT2D eigenvalue weighted by Crippen LogP contribution is 2.11. The molecule has 0 aromatic heterocycles. The molecule has 3 nitrogen and oxygen atoms in total. The zero-order valence-electron chi connectivity index (χ0n) is 7.62. The van der Waals surface area contributed by atoms with Gasteiger partial charge in [0.15, 0.2) is 5.11 Å². The van der Waals surface area contributed by atoms with Crippen LogP contribution in [0, 0.1) is 0 Å². The molecule has 2 N–H and O–H groups in total. The van der Waals surface area contributed by atoms with Gasteiger partial charge in [0.25, 0.3) is 0 Å². The maximum Gasteiger partial charge on any atom is 0.186 e. The van der Waals surface area contributed by atoms with Gasteiger partial charge >= 0.3 is 0 Å². The summed E-state index contributed by atoms with van der Waals surface area (Å²) in [5, 5.41) is 7.78. The Morgan fingerprint density at radius 1 is 1.50 bits per heavy atom. The van der Waals surface area contributed by atoms with E-state index in [1.165, 1.54) is 0 Å². The van der Waals surface area contributed by atoms with Gasteiger partial charge in [-0.3, -0.25) is 5.43 Å². The van der Waals surface area contributed by atoms with E-state index in [0.29, 0.717) is 10.1 Å². The fourth-order valence-corrected chi connectivity index (χ4v) is 1.03. The molecule has 1 aromatic rings. The highest BCUT2D eigenvalue weighted by molar-refractivity contribution is 7.80. The number of rotatable bonds is 2. The van der Waals surface area contributed by atoms with Crippen molar-refractivity contribution in [3.63, 3.8) is 0 Å². The van der Waals surface area contributed by atoms with E-state index in [1.807, 2.05) is 18.2 Å². The van der Waals surface area contributed by atoms with Crippen LogP contribution in [-0.4, -0.2) is 18.4 Å². The second-order valence-electron chi connectivity index (χ2n) is 2.47. The van der Waals surface area contributed by atoms with E-state index >= 15 is 0 Å². The third-order valence-corrected chi connectivity index (χ3v) is 2.14. The molecule has 1 rings (SSSR count). The number of nitrogens with zero attached hydrogens (tertiary/aromatic N) is 1. The second kappa shape index (κ2) is 5.57. The van der Waals surface area contributed by atoms with Gasteiger partial charge in [-0.05, 0) is 18.3 Å². The van der Waals surface area contributed by atoms with Crippen molar-refractivity contribution < 1.29 is 0 Å². The Kier molecular flexibility index (Phi) is 4.35. The maximum absolute atomic E-state index is 5.91. The molecule has 74 valence electrons. The van der Waals surface area contributed by atoms with Crippen molar-refractivity contribution >= 4 is 35.1 Å². The standard InChI is InChI=1S/C9H10ClN3S/c1-11-9(14)13-12-6-7-4-2-3-5-8(7)10/h2-6H,1H3,(H2,11,13,14). The number of thiocarbonyl (C=S) groups is 1. The smallest absolute Gasteiger partial charge is 0.186 e. The predicted molar refractivity (Wildman–Crippen MR) is 63.8 cm³/mol. The lowest BCUT2D eigenvalue weighted by Crippen LogP contribution is -2.28. The van der Waals surface area contributed by atoms with Crippen LogP contribution in [0.4, 0.5) is 0 Å². The van der Waals surface area contributed by atoms with Gasteiger partial charge in [0.2, 0.25) is 0 Å². The van der Waals surface area contributed by atoms with Crippen LogP contribution in [-0.2, 0) is 0 Å². The van der Waals surface area contributed by atoms with Crippen molar-refractivity contribution in [2.24, 2.45) is 5.10 Å². The third-order valence-electron chi connectivity index (χ3n) is 1.50. The number of hydrogen-bond donors (Lipinski definition) is 2. The minimum absolute atomic E-state index is 0.466. The van der Waals surface area contributed by atoms with Crippen LogP contribution in [0.25, 0.3) is 0 Å². The lowest BCUT2D eigenvalue weighted by molar-refractivity contribution is 0.982. The monoisotopic (exact) mass is 227 g/mol. The van der Waals surface area contributed by atoms with E-state index in [1.54, 1.807) is 19.3 Å². The number of hydrogen-bond acceptors (Lipinski definition) is 2. The molecule has 0 spiro atoms. The van der Waals surface area contributed by atoms with Gasteiger partial charge in [-0.25, -0.2) is 0 Å². The quantitative estimate of drug-likeness (QED) is 0.459. The molecule has 0 amide bonds. The van der Waals surface area contributed by atoms with Crippen LogP contribution in [0.15, 0.2) is 29.4 Å². The first-order valence-electron chi connectivity index (χ1n) is 3.99. The molecule has 5 heteroatoms. The summed E-state index contributed by atoms with van der Waals surface area (Å²) in [6.45, 7) is 0. The molecule has 0 saturated carbocycles. The van der Waals surface area contributed by atoms with Crippen molar-refractivity contribution in [1.82, 2.24) is 10.7 Å². The van der Waals surface area contributed by atoms with Crippen LogP contribution >= 0.6 is 23.8 Å². The van der Waals surface area contributed by atoms with E-state index in [-0.39, 0.29) is 0 Å². The fourth-order valence-electron chi connectivity index (χ4n) is 0.796. The zero-order chi connectivity index (χ0) is 10.4.